The van der Waals surface area contributed by atoms with Crippen LogP contribution in [0.3, 0.4) is 0 Å². The quantitative estimate of drug-likeness (QED) is 0.642. The summed E-state index contributed by atoms with van der Waals surface area (Å²) in [6.07, 6.45) is 4.46. The molecular weight excluding hydrogens is 211 g/mol. The molecule has 5 atom stereocenters. The van der Waals surface area contributed by atoms with Crippen molar-refractivity contribution in [2.45, 2.75) is 44.4 Å². The summed E-state index contributed by atoms with van der Waals surface area (Å²) in [4.78, 5) is 0. The molecule has 0 radical (unpaired) electrons. The van der Waals surface area contributed by atoms with Gasteiger partial charge in [0.15, 0.2) is 0 Å². The van der Waals surface area contributed by atoms with Gasteiger partial charge in [0.1, 0.15) is 0 Å². The first-order valence-corrected chi connectivity index (χ1v) is 8.09. The molecule has 0 aromatic heterocycles. The highest BCUT2D eigenvalue weighted by molar-refractivity contribution is 7.67. The molecule has 2 aliphatic rings. The highest BCUT2D eigenvalue weighted by Gasteiger charge is 2.46. The average molecular weight is 232 g/mol. The smallest absolute Gasteiger partial charge is 0.0138 e. The maximum atomic E-state index is 2.49. The summed E-state index contributed by atoms with van der Waals surface area (Å²) in [7, 11) is 0.143. The van der Waals surface area contributed by atoms with Crippen LogP contribution in [0.2, 0.25) is 0 Å². The Hall–Kier alpha value is -0.350. The van der Waals surface area contributed by atoms with E-state index >= 15 is 0 Å². The minimum absolute atomic E-state index is 0.143. The topological polar surface area (TPSA) is 0 Å². The van der Waals surface area contributed by atoms with Gasteiger partial charge in [-0.05, 0) is 47.7 Å². The Morgan fingerprint density at radius 3 is 2.44 bits per heavy atom. The third kappa shape index (κ3) is 1.63. The Bertz CT molecular complexity index is 359. The van der Waals surface area contributed by atoms with E-state index in [1.54, 1.807) is 5.30 Å². The Morgan fingerprint density at radius 2 is 1.69 bits per heavy atom. The zero-order chi connectivity index (χ0) is 11.1. The summed E-state index contributed by atoms with van der Waals surface area (Å²) < 4.78 is 0. The van der Waals surface area contributed by atoms with E-state index in [4.69, 9.17) is 0 Å². The van der Waals surface area contributed by atoms with E-state index in [9.17, 15) is 0 Å². The molecule has 0 nitrogen and oxygen atoms in total. The van der Waals surface area contributed by atoms with Crippen LogP contribution in [0.25, 0.3) is 0 Å². The van der Waals surface area contributed by atoms with Gasteiger partial charge in [-0.3, -0.25) is 0 Å². The third-order valence-corrected chi connectivity index (χ3v) is 8.42. The Labute approximate surface area is 100 Å². The average Bonchev–Trinajstić information content (AvgIpc) is 2.57. The fourth-order valence-corrected chi connectivity index (χ4v) is 7.84. The van der Waals surface area contributed by atoms with Gasteiger partial charge in [-0.15, -0.1) is 0 Å². The van der Waals surface area contributed by atoms with Gasteiger partial charge >= 0.3 is 0 Å². The lowest BCUT2D eigenvalue weighted by Gasteiger charge is -2.36. The van der Waals surface area contributed by atoms with Crippen LogP contribution in [0.4, 0.5) is 0 Å². The second-order valence-electron chi connectivity index (χ2n) is 5.65. The van der Waals surface area contributed by atoms with E-state index < -0.39 is 0 Å². The monoisotopic (exact) mass is 232 g/mol. The van der Waals surface area contributed by atoms with Gasteiger partial charge < -0.3 is 0 Å². The summed E-state index contributed by atoms with van der Waals surface area (Å²) >= 11 is 0. The SMILES string of the molecule is C[C@@H]1CCC2[C@H](C)CC1P2c1ccccc1. The molecule has 2 aliphatic heterocycles. The van der Waals surface area contributed by atoms with Gasteiger partial charge in [-0.25, -0.2) is 0 Å². The number of hydrogen-bond acceptors (Lipinski definition) is 0. The van der Waals surface area contributed by atoms with Crippen molar-refractivity contribution < 1.29 is 0 Å². The molecule has 2 saturated heterocycles. The highest BCUT2D eigenvalue weighted by Crippen LogP contribution is 2.64. The molecule has 0 N–H and O–H groups in total. The van der Waals surface area contributed by atoms with Crippen molar-refractivity contribution in [2.24, 2.45) is 11.8 Å². The molecular formula is C15H21P. The molecule has 86 valence electrons. The molecule has 2 fully saturated rings. The van der Waals surface area contributed by atoms with Gasteiger partial charge in [0.25, 0.3) is 0 Å². The first-order valence-electron chi connectivity index (χ1n) is 6.61. The molecule has 1 aromatic carbocycles. The lowest BCUT2D eigenvalue weighted by atomic mass is 10.0. The van der Waals surface area contributed by atoms with E-state index in [1.807, 2.05) is 0 Å². The molecule has 3 unspecified atom stereocenters. The second-order valence-corrected chi connectivity index (χ2v) is 8.30. The van der Waals surface area contributed by atoms with E-state index in [0.29, 0.717) is 0 Å². The van der Waals surface area contributed by atoms with Crippen molar-refractivity contribution in [3.63, 3.8) is 0 Å². The standard InChI is InChI=1S/C15H21P/c1-11-8-9-14-12(2)10-15(11)16(14)13-6-4-3-5-7-13/h3-7,11-12,14-15H,8-10H2,1-2H3/t11-,12-,14?,15?,16?/m1/s1. The van der Waals surface area contributed by atoms with E-state index in [-0.39, 0.29) is 7.92 Å². The summed E-state index contributed by atoms with van der Waals surface area (Å²) in [6, 6.07) is 11.4. The number of fused-ring (bicyclic) bond motifs is 2. The molecule has 0 saturated carbocycles. The fourth-order valence-electron chi connectivity index (χ4n) is 3.71. The largest absolute Gasteiger partial charge is 0.0684 e. The van der Waals surface area contributed by atoms with Gasteiger partial charge in [0, 0.05) is 0 Å². The van der Waals surface area contributed by atoms with Crippen molar-refractivity contribution in [3.05, 3.63) is 30.3 Å². The van der Waals surface area contributed by atoms with Crippen LogP contribution in [0.1, 0.15) is 33.1 Å². The van der Waals surface area contributed by atoms with E-state index in [0.717, 1.165) is 23.2 Å². The minimum Gasteiger partial charge on any atom is -0.0684 e. The van der Waals surface area contributed by atoms with Crippen molar-refractivity contribution in [3.8, 4) is 0 Å². The molecule has 1 heteroatoms. The third-order valence-electron chi connectivity index (χ3n) is 4.61. The van der Waals surface area contributed by atoms with Crippen LogP contribution in [0.15, 0.2) is 30.3 Å². The molecule has 1 aromatic rings. The Morgan fingerprint density at radius 1 is 0.938 bits per heavy atom. The second kappa shape index (κ2) is 4.15. The first-order chi connectivity index (χ1) is 7.77. The van der Waals surface area contributed by atoms with E-state index in [2.05, 4.69) is 44.2 Å². The van der Waals surface area contributed by atoms with Gasteiger partial charge in [-0.1, -0.05) is 52.1 Å². The summed E-state index contributed by atoms with van der Waals surface area (Å²) in [5, 5.41) is 1.67. The predicted molar refractivity (Wildman–Crippen MR) is 72.8 cm³/mol. The van der Waals surface area contributed by atoms with Crippen LogP contribution in [-0.2, 0) is 0 Å². The van der Waals surface area contributed by atoms with Crippen LogP contribution < -0.4 is 5.30 Å². The number of hydrogen-bond donors (Lipinski definition) is 0. The number of rotatable bonds is 1. The molecule has 0 amide bonds. The van der Waals surface area contributed by atoms with Gasteiger partial charge in [-0.2, -0.15) is 0 Å². The van der Waals surface area contributed by atoms with E-state index in [1.165, 1.54) is 19.3 Å². The highest BCUT2D eigenvalue weighted by atomic mass is 31.1. The molecule has 0 spiro atoms. The molecule has 3 rings (SSSR count). The van der Waals surface area contributed by atoms with Crippen LogP contribution in [0.5, 0.6) is 0 Å². The lowest BCUT2D eigenvalue weighted by molar-refractivity contribution is 0.497. The molecule has 0 aliphatic carbocycles. The van der Waals surface area contributed by atoms with Crippen molar-refractivity contribution in [1.29, 1.82) is 0 Å². The molecule has 16 heavy (non-hydrogen) atoms. The molecule has 2 bridgehead atoms. The first kappa shape index (κ1) is 10.8. The maximum absolute atomic E-state index is 2.49. The van der Waals surface area contributed by atoms with Crippen molar-refractivity contribution >= 4 is 13.2 Å². The zero-order valence-electron chi connectivity index (χ0n) is 10.3. The minimum atomic E-state index is 0.143. The maximum Gasteiger partial charge on any atom is -0.0138 e. The van der Waals surface area contributed by atoms with Crippen molar-refractivity contribution in [2.75, 3.05) is 0 Å². The summed E-state index contributed by atoms with van der Waals surface area (Å²) in [5.41, 5.74) is 2.05. The predicted octanol–water partition coefficient (Wildman–Crippen LogP) is 4.00. The normalized spacial score (nSPS) is 42.2. The fraction of sp³-hybridized carbons (Fsp3) is 0.600. The van der Waals surface area contributed by atoms with Crippen LogP contribution in [-0.4, -0.2) is 11.3 Å². The van der Waals surface area contributed by atoms with Gasteiger partial charge in [0.05, 0.1) is 0 Å². The Kier molecular flexibility index (Phi) is 2.80. The summed E-state index contributed by atoms with van der Waals surface area (Å²) in [6.45, 7) is 4.97. The van der Waals surface area contributed by atoms with Gasteiger partial charge in [0.2, 0.25) is 0 Å². The van der Waals surface area contributed by atoms with Crippen LogP contribution in [0, 0.1) is 11.8 Å². The summed E-state index contributed by atoms with van der Waals surface area (Å²) in [5.74, 6) is 1.94. The lowest BCUT2D eigenvalue weighted by Crippen LogP contribution is -2.25. The van der Waals surface area contributed by atoms with Crippen molar-refractivity contribution in [1.82, 2.24) is 0 Å². The Balaban J connectivity index is 1.96. The van der Waals surface area contributed by atoms with Crippen LogP contribution >= 0.6 is 7.92 Å². The number of benzene rings is 1. The zero-order valence-corrected chi connectivity index (χ0v) is 11.2. The molecule has 2 heterocycles.